The maximum Gasteiger partial charge on any atom is 0.335 e. The second-order valence-electron chi connectivity index (χ2n) is 2.58. The van der Waals surface area contributed by atoms with Crippen LogP contribution in [0.5, 0.6) is 0 Å². The van der Waals surface area contributed by atoms with E-state index in [-0.39, 0.29) is 0 Å². The molecule has 74 valence electrons. The van der Waals surface area contributed by atoms with E-state index in [0.29, 0.717) is 0 Å². The van der Waals surface area contributed by atoms with Gasteiger partial charge < -0.3 is 25.2 Å². The topological polar surface area (TPSA) is 124 Å². The zero-order valence-electron chi connectivity index (χ0n) is 6.32. The molecule has 0 amide bonds. The van der Waals surface area contributed by atoms with Crippen molar-refractivity contribution in [1.82, 2.24) is 0 Å². The van der Waals surface area contributed by atoms with Gasteiger partial charge in [-0.1, -0.05) is 0 Å². The number of carbonyl (C=O) groups is 2. The van der Waals surface area contributed by atoms with E-state index in [1.165, 1.54) is 0 Å². The normalized spacial score (nSPS) is 36.2. The van der Waals surface area contributed by atoms with Gasteiger partial charge in [0.05, 0.1) is 0 Å². The van der Waals surface area contributed by atoms with Crippen molar-refractivity contribution in [3.63, 3.8) is 0 Å². The maximum absolute atomic E-state index is 10.9. The van der Waals surface area contributed by atoms with Gasteiger partial charge in [-0.05, 0) is 0 Å². The van der Waals surface area contributed by atoms with E-state index >= 15 is 0 Å². The third-order valence-electron chi connectivity index (χ3n) is 1.67. The number of aliphatic hydroxyl groups excluding tert-OH is 3. The molecule has 7 nitrogen and oxygen atoms in total. The number of Topliss-reactive ketones (excluding diaryl/α,β-unsaturated/α-hetero) is 1. The van der Waals surface area contributed by atoms with Crippen molar-refractivity contribution in [2.75, 3.05) is 0 Å². The molecular weight excluding hydrogens is 184 g/mol. The molecule has 0 aromatic carbocycles. The summed E-state index contributed by atoms with van der Waals surface area (Å²) in [5.74, 6) is -2.69. The number of ether oxygens (including phenoxy) is 1. The lowest BCUT2D eigenvalue weighted by molar-refractivity contribution is -0.169. The second kappa shape index (κ2) is 3.38. The first-order valence-corrected chi connectivity index (χ1v) is 3.41. The molecule has 0 bridgehead atoms. The minimum Gasteiger partial charge on any atom is -0.479 e. The molecule has 0 aromatic rings. The molecule has 4 atom stereocenters. The fourth-order valence-electron chi connectivity index (χ4n) is 0.960. The lowest BCUT2D eigenvalue weighted by Gasteiger charge is -2.11. The first-order valence-electron chi connectivity index (χ1n) is 3.41. The van der Waals surface area contributed by atoms with E-state index in [4.69, 9.17) is 20.4 Å². The van der Waals surface area contributed by atoms with Gasteiger partial charge in [0.1, 0.15) is 0 Å². The third kappa shape index (κ3) is 1.68. The second-order valence-corrected chi connectivity index (χ2v) is 2.58. The van der Waals surface area contributed by atoms with Crippen molar-refractivity contribution in [3.05, 3.63) is 0 Å². The summed E-state index contributed by atoms with van der Waals surface area (Å²) >= 11 is 0. The minimum atomic E-state index is -2.07. The van der Waals surface area contributed by atoms with Gasteiger partial charge in [-0.2, -0.15) is 0 Å². The number of rotatable bonds is 2. The molecule has 1 heterocycles. The van der Waals surface area contributed by atoms with E-state index in [0.717, 1.165) is 0 Å². The number of hydrogen-bond donors (Lipinski definition) is 4. The number of carbonyl (C=O) groups excluding carboxylic acids is 1. The number of aliphatic carboxylic acids is 1. The number of aliphatic hydroxyl groups is 3. The Balaban J connectivity index is 2.74. The fraction of sp³-hybridized carbons (Fsp3) is 0.667. The van der Waals surface area contributed by atoms with Crippen LogP contribution >= 0.6 is 0 Å². The number of ketones is 1. The van der Waals surface area contributed by atoms with Crippen LogP contribution in [-0.4, -0.2) is 56.8 Å². The van der Waals surface area contributed by atoms with Crippen molar-refractivity contribution in [1.29, 1.82) is 0 Å². The smallest absolute Gasteiger partial charge is 0.335 e. The SMILES string of the molecule is O=C(O)[C@H](O)[C@H]1OC(O)C(O)C1=O. The molecule has 0 saturated carbocycles. The van der Waals surface area contributed by atoms with Crippen molar-refractivity contribution in [2.24, 2.45) is 0 Å². The van der Waals surface area contributed by atoms with Gasteiger partial charge in [0.15, 0.2) is 30.4 Å². The monoisotopic (exact) mass is 192 g/mol. The van der Waals surface area contributed by atoms with Crippen LogP contribution in [-0.2, 0) is 14.3 Å². The molecule has 0 aromatic heterocycles. The zero-order valence-corrected chi connectivity index (χ0v) is 6.32. The molecule has 13 heavy (non-hydrogen) atoms. The van der Waals surface area contributed by atoms with Crippen molar-refractivity contribution in [2.45, 2.75) is 24.6 Å². The minimum absolute atomic E-state index is 1.04. The molecule has 0 aliphatic carbocycles. The lowest BCUT2D eigenvalue weighted by Crippen LogP contribution is -2.39. The Morgan fingerprint density at radius 1 is 1.46 bits per heavy atom. The average molecular weight is 192 g/mol. The molecule has 0 radical (unpaired) electrons. The van der Waals surface area contributed by atoms with Crippen LogP contribution in [0, 0.1) is 0 Å². The van der Waals surface area contributed by atoms with Crippen LogP contribution in [0.4, 0.5) is 0 Å². The molecule has 1 fully saturated rings. The summed E-state index contributed by atoms with van der Waals surface area (Å²) in [7, 11) is 0. The summed E-state index contributed by atoms with van der Waals surface area (Å²) in [6.45, 7) is 0. The van der Waals surface area contributed by atoms with Gasteiger partial charge >= 0.3 is 5.97 Å². The first-order chi connectivity index (χ1) is 5.95. The van der Waals surface area contributed by atoms with Crippen LogP contribution < -0.4 is 0 Å². The Morgan fingerprint density at radius 2 is 2.00 bits per heavy atom. The molecule has 7 heteroatoms. The highest BCUT2D eigenvalue weighted by Crippen LogP contribution is 2.17. The summed E-state index contributed by atoms with van der Waals surface area (Å²) in [5, 5.41) is 34.8. The number of carboxylic acids is 1. The summed E-state index contributed by atoms with van der Waals surface area (Å²) < 4.78 is 4.33. The summed E-state index contributed by atoms with van der Waals surface area (Å²) in [6.07, 6.45) is -7.34. The van der Waals surface area contributed by atoms with E-state index in [1.807, 2.05) is 0 Å². The van der Waals surface area contributed by atoms with E-state index < -0.39 is 36.4 Å². The van der Waals surface area contributed by atoms with Crippen LogP contribution in [0.15, 0.2) is 0 Å². The summed E-state index contributed by atoms with van der Waals surface area (Å²) in [6, 6.07) is 0. The standard InChI is InChI=1S/C6H8O7/c7-1-2(8)6(12)13-4(1)3(9)5(10)11/h2-4,6,8-9,12H,(H,10,11)/t2?,3-,4+,6?/m1/s1. The molecule has 0 spiro atoms. The zero-order chi connectivity index (χ0) is 10.2. The summed E-state index contributed by atoms with van der Waals surface area (Å²) in [5.41, 5.74) is 0. The largest absolute Gasteiger partial charge is 0.479 e. The van der Waals surface area contributed by atoms with Crippen molar-refractivity contribution in [3.8, 4) is 0 Å². The lowest BCUT2D eigenvalue weighted by atomic mass is 10.1. The molecule has 1 rings (SSSR count). The predicted octanol–water partition coefficient (Wildman–Crippen LogP) is -2.92. The quantitative estimate of drug-likeness (QED) is 0.369. The number of carboxylic acid groups (broad SMARTS) is 1. The molecule has 2 unspecified atom stereocenters. The van der Waals surface area contributed by atoms with Crippen LogP contribution in [0.2, 0.25) is 0 Å². The molecular formula is C6H8O7. The highest BCUT2D eigenvalue weighted by atomic mass is 16.6. The van der Waals surface area contributed by atoms with Crippen LogP contribution in [0.3, 0.4) is 0 Å². The van der Waals surface area contributed by atoms with Crippen LogP contribution in [0.1, 0.15) is 0 Å². The Bertz CT molecular complexity index is 237. The Hall–Kier alpha value is -1.02. The van der Waals surface area contributed by atoms with Gasteiger partial charge in [-0.3, -0.25) is 4.79 Å². The summed E-state index contributed by atoms with van der Waals surface area (Å²) in [4.78, 5) is 21.1. The molecule has 1 aliphatic rings. The van der Waals surface area contributed by atoms with Gasteiger partial charge in [-0.25, -0.2) is 4.79 Å². The van der Waals surface area contributed by atoms with Gasteiger partial charge in [0.25, 0.3) is 0 Å². The maximum atomic E-state index is 10.9. The highest BCUT2D eigenvalue weighted by molar-refractivity contribution is 5.93. The van der Waals surface area contributed by atoms with E-state index in [2.05, 4.69) is 4.74 Å². The molecule has 4 N–H and O–H groups in total. The Morgan fingerprint density at radius 3 is 2.31 bits per heavy atom. The van der Waals surface area contributed by atoms with Gasteiger partial charge in [0.2, 0.25) is 0 Å². The third-order valence-corrected chi connectivity index (χ3v) is 1.67. The molecule has 1 aliphatic heterocycles. The van der Waals surface area contributed by atoms with Crippen LogP contribution in [0.25, 0.3) is 0 Å². The first kappa shape index (κ1) is 10.1. The van der Waals surface area contributed by atoms with Crippen molar-refractivity contribution < 1.29 is 34.8 Å². The average Bonchev–Trinajstić information content (AvgIpc) is 2.31. The Kier molecular flexibility index (Phi) is 2.62. The van der Waals surface area contributed by atoms with E-state index in [9.17, 15) is 9.59 Å². The predicted molar refractivity (Wildman–Crippen MR) is 35.5 cm³/mol. The van der Waals surface area contributed by atoms with Crippen molar-refractivity contribution >= 4 is 11.8 Å². The number of hydrogen-bond acceptors (Lipinski definition) is 6. The van der Waals surface area contributed by atoms with Gasteiger partial charge in [0, 0.05) is 0 Å². The fourth-order valence-corrected chi connectivity index (χ4v) is 0.960. The van der Waals surface area contributed by atoms with Gasteiger partial charge in [-0.15, -0.1) is 0 Å². The van der Waals surface area contributed by atoms with E-state index in [1.54, 1.807) is 0 Å². The Labute approximate surface area is 72.2 Å². The highest BCUT2D eigenvalue weighted by Gasteiger charge is 2.47. The molecule has 1 saturated heterocycles.